The van der Waals surface area contributed by atoms with Crippen LogP contribution in [-0.2, 0) is 0 Å². The van der Waals surface area contributed by atoms with Gasteiger partial charge in [0.05, 0.1) is 0 Å². The summed E-state index contributed by atoms with van der Waals surface area (Å²) in [6.45, 7) is 4.25. The van der Waals surface area contributed by atoms with Gasteiger partial charge in [-0.15, -0.1) is 0 Å². The van der Waals surface area contributed by atoms with Crippen molar-refractivity contribution >= 4 is 5.69 Å². The average Bonchev–Trinajstić information content (AvgIpc) is 2.63. The molecule has 2 rings (SSSR count). The summed E-state index contributed by atoms with van der Waals surface area (Å²) >= 11 is 0. The first-order valence-corrected chi connectivity index (χ1v) is 5.37. The molecule has 1 fully saturated rings. The number of likely N-dealkylation sites (N-methyl/N-ethyl adjacent to an activating group) is 1. The summed E-state index contributed by atoms with van der Waals surface area (Å²) in [6, 6.07) is 7.24. The van der Waals surface area contributed by atoms with Gasteiger partial charge in [-0.05, 0) is 30.7 Å². The van der Waals surface area contributed by atoms with Gasteiger partial charge >= 0.3 is 0 Å². The largest absolute Gasteiger partial charge is 0.370 e. The van der Waals surface area contributed by atoms with E-state index in [4.69, 9.17) is 0 Å². The fraction of sp³-hybridized carbons (Fsp3) is 0.500. The summed E-state index contributed by atoms with van der Waals surface area (Å²) in [5.74, 6) is 0.441. The highest BCUT2D eigenvalue weighted by molar-refractivity contribution is 5.47. The van der Waals surface area contributed by atoms with Crippen LogP contribution in [0.25, 0.3) is 0 Å². The van der Waals surface area contributed by atoms with Gasteiger partial charge in [0, 0.05) is 25.3 Å². The van der Waals surface area contributed by atoms with Crippen molar-refractivity contribution in [2.75, 3.05) is 25.0 Å². The minimum absolute atomic E-state index is 0.169. The van der Waals surface area contributed by atoms with E-state index in [-0.39, 0.29) is 5.82 Å². The molecule has 0 saturated carbocycles. The number of nitrogens with one attached hydrogen (secondary N) is 1. The Hall–Kier alpha value is -1.09. The minimum atomic E-state index is -0.169. The smallest absolute Gasteiger partial charge is 0.125 e. The fourth-order valence-corrected chi connectivity index (χ4v) is 2.20. The molecule has 15 heavy (non-hydrogen) atoms. The number of anilines is 1. The number of halogens is 1. The highest BCUT2D eigenvalue weighted by atomic mass is 19.1. The zero-order chi connectivity index (χ0) is 10.8. The second-order valence-corrected chi connectivity index (χ2v) is 4.29. The summed E-state index contributed by atoms with van der Waals surface area (Å²) in [5.41, 5.74) is 0.954. The molecule has 1 saturated heterocycles. The van der Waals surface area contributed by atoms with E-state index in [0.717, 1.165) is 18.8 Å². The van der Waals surface area contributed by atoms with Crippen molar-refractivity contribution in [3.05, 3.63) is 30.1 Å². The Kier molecular flexibility index (Phi) is 2.91. The zero-order valence-corrected chi connectivity index (χ0v) is 9.20. The standard InChI is InChI=1S/C12H17FN2/c1-9-7-14-8-12(9)15(2)11-5-3-4-10(13)6-11/h3-6,9,12,14H,7-8H2,1-2H3. The number of hydrogen-bond donors (Lipinski definition) is 1. The Morgan fingerprint density at radius 3 is 2.80 bits per heavy atom. The minimum Gasteiger partial charge on any atom is -0.370 e. The molecule has 1 heterocycles. The first-order valence-electron chi connectivity index (χ1n) is 5.37. The van der Waals surface area contributed by atoms with Crippen LogP contribution in [0.2, 0.25) is 0 Å². The molecule has 1 aromatic rings. The van der Waals surface area contributed by atoms with Crippen LogP contribution in [0.1, 0.15) is 6.92 Å². The van der Waals surface area contributed by atoms with Gasteiger partial charge < -0.3 is 10.2 Å². The first-order chi connectivity index (χ1) is 7.18. The quantitative estimate of drug-likeness (QED) is 0.798. The Balaban J connectivity index is 2.16. The molecule has 0 aromatic heterocycles. The lowest BCUT2D eigenvalue weighted by atomic mass is 10.0. The number of nitrogens with zero attached hydrogens (tertiary/aromatic N) is 1. The third-order valence-electron chi connectivity index (χ3n) is 3.19. The van der Waals surface area contributed by atoms with Crippen LogP contribution in [0.15, 0.2) is 24.3 Å². The summed E-state index contributed by atoms with van der Waals surface area (Å²) in [4.78, 5) is 2.16. The molecule has 1 aliphatic rings. The van der Waals surface area contributed by atoms with E-state index in [0.29, 0.717) is 12.0 Å². The van der Waals surface area contributed by atoms with Gasteiger partial charge in [-0.1, -0.05) is 13.0 Å². The summed E-state index contributed by atoms with van der Waals surface area (Å²) in [6.07, 6.45) is 0. The molecule has 1 N–H and O–H groups in total. The average molecular weight is 208 g/mol. The normalized spacial score (nSPS) is 25.5. The van der Waals surface area contributed by atoms with Crippen LogP contribution in [0, 0.1) is 11.7 Å². The molecule has 3 heteroatoms. The van der Waals surface area contributed by atoms with Crippen LogP contribution in [0.5, 0.6) is 0 Å². The molecule has 0 bridgehead atoms. The van der Waals surface area contributed by atoms with Crippen LogP contribution in [0.3, 0.4) is 0 Å². The molecule has 2 nitrogen and oxygen atoms in total. The van der Waals surface area contributed by atoms with Crippen LogP contribution < -0.4 is 10.2 Å². The Bertz CT molecular complexity index is 340. The molecule has 2 unspecified atom stereocenters. The van der Waals surface area contributed by atoms with Gasteiger partial charge in [-0.3, -0.25) is 0 Å². The maximum absolute atomic E-state index is 13.1. The van der Waals surface area contributed by atoms with Crippen molar-refractivity contribution in [2.45, 2.75) is 13.0 Å². The molecule has 0 aliphatic carbocycles. The third kappa shape index (κ3) is 2.12. The monoisotopic (exact) mass is 208 g/mol. The van der Waals surface area contributed by atoms with Gasteiger partial charge in [-0.2, -0.15) is 0 Å². The highest BCUT2D eigenvalue weighted by Gasteiger charge is 2.26. The molecule has 82 valence electrons. The Morgan fingerprint density at radius 2 is 2.20 bits per heavy atom. The van der Waals surface area contributed by atoms with Gasteiger partial charge in [0.15, 0.2) is 0 Å². The summed E-state index contributed by atoms with van der Waals surface area (Å²) in [5, 5.41) is 3.35. The van der Waals surface area contributed by atoms with Crippen molar-refractivity contribution in [3.63, 3.8) is 0 Å². The summed E-state index contributed by atoms with van der Waals surface area (Å²) in [7, 11) is 2.03. The van der Waals surface area contributed by atoms with Gasteiger partial charge in [0.1, 0.15) is 5.82 Å². The topological polar surface area (TPSA) is 15.3 Å². The number of benzene rings is 1. The maximum Gasteiger partial charge on any atom is 0.125 e. The Morgan fingerprint density at radius 1 is 1.40 bits per heavy atom. The third-order valence-corrected chi connectivity index (χ3v) is 3.19. The van der Waals surface area contributed by atoms with E-state index in [1.807, 2.05) is 13.1 Å². The lowest BCUT2D eigenvalue weighted by Gasteiger charge is -2.29. The predicted octanol–water partition coefficient (Wildman–Crippen LogP) is 1.87. The fourth-order valence-electron chi connectivity index (χ4n) is 2.20. The number of hydrogen-bond acceptors (Lipinski definition) is 2. The van der Waals surface area contributed by atoms with Crippen molar-refractivity contribution in [2.24, 2.45) is 5.92 Å². The molecule has 1 aliphatic heterocycles. The maximum atomic E-state index is 13.1. The Labute approximate surface area is 90.1 Å². The zero-order valence-electron chi connectivity index (χ0n) is 9.20. The molecular formula is C12H17FN2. The van der Waals surface area contributed by atoms with Crippen molar-refractivity contribution in [1.29, 1.82) is 0 Å². The first kappa shape index (κ1) is 10.4. The molecule has 1 aromatic carbocycles. The molecule has 2 atom stereocenters. The van der Waals surface area contributed by atoms with Crippen LogP contribution in [0.4, 0.5) is 10.1 Å². The van der Waals surface area contributed by atoms with Crippen molar-refractivity contribution in [3.8, 4) is 0 Å². The van der Waals surface area contributed by atoms with Gasteiger partial charge in [0.25, 0.3) is 0 Å². The summed E-state index contributed by atoms with van der Waals surface area (Å²) < 4.78 is 13.1. The van der Waals surface area contributed by atoms with Crippen LogP contribution in [-0.4, -0.2) is 26.2 Å². The number of rotatable bonds is 2. The molecule has 0 radical (unpaired) electrons. The lowest BCUT2D eigenvalue weighted by molar-refractivity contribution is 0.538. The molecular weight excluding hydrogens is 191 g/mol. The second-order valence-electron chi connectivity index (χ2n) is 4.29. The van der Waals surface area contributed by atoms with Crippen LogP contribution >= 0.6 is 0 Å². The molecule has 0 spiro atoms. The second kappa shape index (κ2) is 4.19. The predicted molar refractivity (Wildman–Crippen MR) is 60.6 cm³/mol. The van der Waals surface area contributed by atoms with E-state index < -0.39 is 0 Å². The molecule has 0 amide bonds. The van der Waals surface area contributed by atoms with Gasteiger partial charge in [-0.25, -0.2) is 4.39 Å². The van der Waals surface area contributed by atoms with Gasteiger partial charge in [0.2, 0.25) is 0 Å². The van der Waals surface area contributed by atoms with E-state index in [1.165, 1.54) is 6.07 Å². The highest BCUT2D eigenvalue weighted by Crippen LogP contribution is 2.22. The lowest BCUT2D eigenvalue weighted by Crippen LogP contribution is -2.37. The SMILES string of the molecule is CC1CNCC1N(C)c1cccc(F)c1. The van der Waals surface area contributed by atoms with E-state index >= 15 is 0 Å². The van der Waals surface area contributed by atoms with E-state index in [2.05, 4.69) is 17.1 Å². The van der Waals surface area contributed by atoms with E-state index in [9.17, 15) is 4.39 Å². The van der Waals surface area contributed by atoms with E-state index in [1.54, 1.807) is 12.1 Å². The van der Waals surface area contributed by atoms with Crippen molar-refractivity contribution < 1.29 is 4.39 Å². The van der Waals surface area contributed by atoms with Crippen molar-refractivity contribution in [1.82, 2.24) is 5.32 Å².